The predicted octanol–water partition coefficient (Wildman–Crippen LogP) is 3.21. The van der Waals surface area contributed by atoms with Crippen LogP contribution in [0, 0.1) is 20.8 Å². The van der Waals surface area contributed by atoms with Crippen LogP contribution in [-0.2, 0) is 9.59 Å². The molecule has 0 spiro atoms. The van der Waals surface area contributed by atoms with E-state index in [0.717, 1.165) is 22.3 Å². The minimum atomic E-state index is -0.440. The van der Waals surface area contributed by atoms with Crippen LogP contribution in [0.1, 0.15) is 42.0 Å². The van der Waals surface area contributed by atoms with Gasteiger partial charge in [0.15, 0.2) is 18.3 Å². The van der Waals surface area contributed by atoms with Crippen molar-refractivity contribution in [3.8, 4) is 11.5 Å². The first-order valence-electron chi connectivity index (χ1n) is 9.97. The Balaban J connectivity index is 1.74. The average Bonchev–Trinajstić information content (AvgIpc) is 2.71. The molecular formula is C23H29N3O4S. The van der Waals surface area contributed by atoms with Gasteiger partial charge in [0.1, 0.15) is 11.5 Å². The minimum Gasteiger partial charge on any atom is -0.483 e. The SMILES string of the molecule is Cc1ccc(C)c(OCC(=O)NC(=S)NNC(=O)COc2cc(C)ccc2C(C)C)c1. The Labute approximate surface area is 188 Å². The summed E-state index contributed by atoms with van der Waals surface area (Å²) in [6.07, 6.45) is 0. The van der Waals surface area contributed by atoms with Crippen LogP contribution < -0.4 is 25.6 Å². The third-order valence-corrected chi connectivity index (χ3v) is 4.62. The minimum absolute atomic E-state index is 0.0404. The Bertz CT molecular complexity index is 960. The average molecular weight is 444 g/mol. The van der Waals surface area contributed by atoms with Gasteiger partial charge in [-0.1, -0.05) is 38.1 Å². The van der Waals surface area contributed by atoms with E-state index in [9.17, 15) is 9.59 Å². The van der Waals surface area contributed by atoms with E-state index < -0.39 is 11.8 Å². The van der Waals surface area contributed by atoms with Crippen LogP contribution in [-0.4, -0.2) is 30.1 Å². The number of hydrazine groups is 1. The van der Waals surface area contributed by atoms with Crippen molar-refractivity contribution in [3.05, 3.63) is 58.7 Å². The summed E-state index contributed by atoms with van der Waals surface area (Å²) in [5.41, 5.74) is 8.92. The lowest BCUT2D eigenvalue weighted by atomic mass is 10.0. The van der Waals surface area contributed by atoms with E-state index in [1.807, 2.05) is 57.2 Å². The molecule has 7 nitrogen and oxygen atoms in total. The van der Waals surface area contributed by atoms with Gasteiger partial charge >= 0.3 is 0 Å². The van der Waals surface area contributed by atoms with Gasteiger partial charge in [0, 0.05) is 0 Å². The summed E-state index contributed by atoms with van der Waals surface area (Å²) >= 11 is 5.02. The molecule has 0 unspecified atom stereocenters. The maximum Gasteiger partial charge on any atom is 0.276 e. The van der Waals surface area contributed by atoms with E-state index in [1.165, 1.54) is 0 Å². The second kappa shape index (κ2) is 11.3. The van der Waals surface area contributed by atoms with Crippen LogP contribution in [0.15, 0.2) is 36.4 Å². The number of ether oxygens (including phenoxy) is 2. The van der Waals surface area contributed by atoms with Crippen molar-refractivity contribution in [2.45, 2.75) is 40.5 Å². The van der Waals surface area contributed by atoms with E-state index in [1.54, 1.807) is 0 Å². The topological polar surface area (TPSA) is 88.7 Å². The summed E-state index contributed by atoms with van der Waals surface area (Å²) in [6.45, 7) is 9.53. The second-order valence-corrected chi connectivity index (χ2v) is 8.00. The van der Waals surface area contributed by atoms with E-state index in [2.05, 4.69) is 30.0 Å². The van der Waals surface area contributed by atoms with Crippen molar-refractivity contribution >= 4 is 29.1 Å². The number of hydrogen-bond acceptors (Lipinski definition) is 5. The molecule has 2 aromatic rings. The highest BCUT2D eigenvalue weighted by Crippen LogP contribution is 2.27. The molecule has 3 N–H and O–H groups in total. The summed E-state index contributed by atoms with van der Waals surface area (Å²) in [6, 6.07) is 11.7. The van der Waals surface area contributed by atoms with Gasteiger partial charge in [0.05, 0.1) is 0 Å². The highest BCUT2D eigenvalue weighted by molar-refractivity contribution is 7.80. The smallest absolute Gasteiger partial charge is 0.276 e. The molecule has 0 atom stereocenters. The largest absolute Gasteiger partial charge is 0.483 e. The third-order valence-electron chi connectivity index (χ3n) is 4.42. The third kappa shape index (κ3) is 7.90. The fourth-order valence-corrected chi connectivity index (χ4v) is 2.91. The Hall–Kier alpha value is -3.13. The van der Waals surface area contributed by atoms with Gasteiger partial charge in [0.2, 0.25) is 0 Å². The Morgan fingerprint density at radius 1 is 0.871 bits per heavy atom. The summed E-state index contributed by atoms with van der Waals surface area (Å²) in [5.74, 6) is 0.705. The molecule has 2 aromatic carbocycles. The Morgan fingerprint density at radius 3 is 2.13 bits per heavy atom. The van der Waals surface area contributed by atoms with Gasteiger partial charge in [-0.2, -0.15) is 0 Å². The lowest BCUT2D eigenvalue weighted by Crippen LogP contribution is -2.50. The number of hydrogen-bond donors (Lipinski definition) is 3. The lowest BCUT2D eigenvalue weighted by molar-refractivity contribution is -0.124. The number of nitrogens with one attached hydrogen (secondary N) is 3. The summed E-state index contributed by atoms with van der Waals surface area (Å²) in [5, 5.41) is 2.41. The van der Waals surface area contributed by atoms with Crippen molar-refractivity contribution in [3.63, 3.8) is 0 Å². The number of thiocarbonyl (C=S) groups is 1. The van der Waals surface area contributed by atoms with Crippen LogP contribution in [0.2, 0.25) is 0 Å². The van der Waals surface area contributed by atoms with Gasteiger partial charge < -0.3 is 9.47 Å². The number of aryl methyl sites for hydroxylation is 3. The van der Waals surface area contributed by atoms with E-state index in [0.29, 0.717) is 11.5 Å². The maximum atomic E-state index is 12.1. The number of carbonyl (C=O) groups excluding carboxylic acids is 2. The molecule has 0 aromatic heterocycles. The summed E-state index contributed by atoms with van der Waals surface area (Å²) in [4.78, 5) is 24.1. The second-order valence-electron chi connectivity index (χ2n) is 7.59. The maximum absolute atomic E-state index is 12.1. The van der Waals surface area contributed by atoms with Crippen LogP contribution in [0.3, 0.4) is 0 Å². The van der Waals surface area contributed by atoms with Crippen LogP contribution >= 0.6 is 12.2 Å². The number of carbonyl (C=O) groups is 2. The molecular weight excluding hydrogens is 414 g/mol. The summed E-state index contributed by atoms with van der Waals surface area (Å²) in [7, 11) is 0. The van der Waals surface area contributed by atoms with Crippen molar-refractivity contribution in [1.82, 2.24) is 16.2 Å². The predicted molar refractivity (Wildman–Crippen MR) is 124 cm³/mol. The molecule has 31 heavy (non-hydrogen) atoms. The molecule has 0 saturated carbocycles. The van der Waals surface area contributed by atoms with Crippen molar-refractivity contribution in [1.29, 1.82) is 0 Å². The highest BCUT2D eigenvalue weighted by Gasteiger charge is 2.11. The van der Waals surface area contributed by atoms with Gasteiger partial charge in [-0.05, 0) is 73.3 Å². The molecule has 0 fully saturated rings. The van der Waals surface area contributed by atoms with E-state index >= 15 is 0 Å². The van der Waals surface area contributed by atoms with Gasteiger partial charge in [-0.25, -0.2) is 0 Å². The number of rotatable bonds is 7. The molecule has 0 heterocycles. The lowest BCUT2D eigenvalue weighted by Gasteiger charge is -2.15. The molecule has 2 rings (SSSR count). The molecule has 0 aliphatic carbocycles. The summed E-state index contributed by atoms with van der Waals surface area (Å²) < 4.78 is 11.2. The highest BCUT2D eigenvalue weighted by atomic mass is 32.1. The van der Waals surface area contributed by atoms with Crippen LogP contribution in [0.4, 0.5) is 0 Å². The molecule has 0 radical (unpaired) electrons. The molecule has 0 aliphatic heterocycles. The first-order chi connectivity index (χ1) is 14.7. The fraction of sp³-hybridized carbons (Fsp3) is 0.348. The first-order valence-corrected chi connectivity index (χ1v) is 10.4. The zero-order valence-corrected chi connectivity index (χ0v) is 19.3. The normalized spacial score (nSPS) is 10.4. The van der Waals surface area contributed by atoms with Gasteiger partial charge in [0.25, 0.3) is 11.8 Å². The van der Waals surface area contributed by atoms with E-state index in [4.69, 9.17) is 21.7 Å². The van der Waals surface area contributed by atoms with Gasteiger partial charge in [-0.15, -0.1) is 0 Å². The number of amides is 2. The number of benzene rings is 2. The Morgan fingerprint density at radius 2 is 1.45 bits per heavy atom. The van der Waals surface area contributed by atoms with Crippen molar-refractivity contribution in [2.24, 2.45) is 0 Å². The molecule has 166 valence electrons. The Kier molecular flexibility index (Phi) is 8.81. The zero-order valence-electron chi connectivity index (χ0n) is 18.5. The van der Waals surface area contributed by atoms with E-state index in [-0.39, 0.29) is 24.2 Å². The molecule has 0 aliphatic rings. The fourth-order valence-electron chi connectivity index (χ4n) is 2.75. The molecule has 0 bridgehead atoms. The molecule has 8 heteroatoms. The molecule has 2 amide bonds. The standard InChI is InChI=1S/C23H29N3O4S/c1-14(2)18-9-7-16(4)11-20(18)30-13-22(28)25-26-23(31)24-21(27)12-29-19-10-15(3)6-8-17(19)5/h6-11,14H,12-13H2,1-5H3,(H,25,28)(H2,24,26,27,31). The first kappa shape index (κ1) is 24.1. The van der Waals surface area contributed by atoms with Gasteiger partial charge in [-0.3, -0.25) is 25.8 Å². The molecule has 0 saturated heterocycles. The quantitative estimate of drug-likeness (QED) is 0.450. The van der Waals surface area contributed by atoms with Crippen LogP contribution in [0.5, 0.6) is 11.5 Å². The van der Waals surface area contributed by atoms with Crippen molar-refractivity contribution in [2.75, 3.05) is 13.2 Å². The monoisotopic (exact) mass is 443 g/mol. The zero-order chi connectivity index (χ0) is 23.0. The van der Waals surface area contributed by atoms with Crippen LogP contribution in [0.25, 0.3) is 0 Å². The van der Waals surface area contributed by atoms with Crippen molar-refractivity contribution < 1.29 is 19.1 Å².